The molecule has 0 bridgehead atoms. The molecule has 0 N–H and O–H groups in total. The summed E-state index contributed by atoms with van der Waals surface area (Å²) in [5.41, 5.74) is 2.65. The molecule has 0 saturated heterocycles. The fraction of sp³-hybridized carbons (Fsp3) is 0.0833. The van der Waals surface area contributed by atoms with Crippen molar-refractivity contribution in [3.63, 3.8) is 0 Å². The predicted molar refractivity (Wildman–Crippen MR) is 110 cm³/mol. The summed E-state index contributed by atoms with van der Waals surface area (Å²) in [7, 11) is 2.73. The third-order valence-corrected chi connectivity index (χ3v) is 4.86. The fourth-order valence-corrected chi connectivity index (χ4v) is 3.54. The highest BCUT2D eigenvalue weighted by Crippen LogP contribution is 2.36. The maximum atomic E-state index is 12.2. The molecule has 4 heteroatoms. The van der Waals surface area contributed by atoms with E-state index in [2.05, 4.69) is 0 Å². The van der Waals surface area contributed by atoms with E-state index in [4.69, 9.17) is 9.47 Å². The van der Waals surface area contributed by atoms with Crippen LogP contribution in [0.3, 0.4) is 0 Å². The van der Waals surface area contributed by atoms with Crippen molar-refractivity contribution in [1.82, 2.24) is 0 Å². The Bertz CT molecular complexity index is 1130. The second-order valence-corrected chi connectivity index (χ2v) is 6.47. The first kappa shape index (κ1) is 17.7. The molecule has 0 atom stereocenters. The first-order valence-corrected chi connectivity index (χ1v) is 8.85. The number of esters is 2. The molecule has 0 saturated carbocycles. The molecule has 28 heavy (non-hydrogen) atoms. The minimum absolute atomic E-state index is 0.402. The van der Waals surface area contributed by atoms with Gasteiger partial charge in [-0.25, -0.2) is 9.59 Å². The summed E-state index contributed by atoms with van der Waals surface area (Å²) in [5, 5.41) is 3.82. The van der Waals surface area contributed by atoms with Crippen molar-refractivity contribution in [1.29, 1.82) is 0 Å². The van der Waals surface area contributed by atoms with Crippen LogP contribution in [0.4, 0.5) is 0 Å². The molecule has 0 amide bonds. The lowest BCUT2D eigenvalue weighted by molar-refractivity contribution is 0.0592. The highest BCUT2D eigenvalue weighted by molar-refractivity contribution is 6.10. The van der Waals surface area contributed by atoms with Crippen LogP contribution in [0, 0.1) is 0 Å². The molecule has 0 fully saturated rings. The zero-order valence-corrected chi connectivity index (χ0v) is 15.6. The molecule has 138 valence electrons. The van der Waals surface area contributed by atoms with Crippen LogP contribution in [0.5, 0.6) is 0 Å². The van der Waals surface area contributed by atoms with E-state index in [-0.39, 0.29) is 0 Å². The van der Waals surface area contributed by atoms with Crippen LogP contribution >= 0.6 is 0 Å². The molecule has 4 nitrogen and oxygen atoms in total. The van der Waals surface area contributed by atoms with Crippen molar-refractivity contribution in [3.05, 3.63) is 83.9 Å². The van der Waals surface area contributed by atoms with Crippen LogP contribution in [0.2, 0.25) is 0 Å². The highest BCUT2D eigenvalue weighted by atomic mass is 16.5. The first-order chi connectivity index (χ1) is 13.6. The second-order valence-electron chi connectivity index (χ2n) is 6.47. The number of carbonyl (C=O) groups is 2. The summed E-state index contributed by atoms with van der Waals surface area (Å²) in [6.45, 7) is 0. The lowest BCUT2D eigenvalue weighted by atomic mass is 9.91. The van der Waals surface area contributed by atoms with Crippen molar-refractivity contribution in [2.45, 2.75) is 0 Å². The molecule has 0 radical (unpaired) electrons. The molecule has 0 aromatic heterocycles. The zero-order valence-electron chi connectivity index (χ0n) is 15.6. The van der Waals surface area contributed by atoms with Crippen molar-refractivity contribution in [2.75, 3.05) is 14.2 Å². The lowest BCUT2D eigenvalue weighted by Gasteiger charge is -2.14. The molecular formula is C24H18O4. The number of benzene rings is 4. The van der Waals surface area contributed by atoms with Gasteiger partial charge in [0.25, 0.3) is 0 Å². The first-order valence-electron chi connectivity index (χ1n) is 8.85. The second kappa shape index (κ2) is 7.16. The van der Waals surface area contributed by atoms with Crippen molar-refractivity contribution in [2.24, 2.45) is 0 Å². The summed E-state index contributed by atoms with van der Waals surface area (Å²) < 4.78 is 9.86. The number of rotatable bonds is 3. The van der Waals surface area contributed by atoms with Gasteiger partial charge in [0.05, 0.1) is 25.3 Å². The van der Waals surface area contributed by atoms with Crippen LogP contribution in [0.1, 0.15) is 20.7 Å². The van der Waals surface area contributed by atoms with Crippen LogP contribution in [0.15, 0.2) is 72.8 Å². The molecule has 0 heterocycles. The molecule has 0 aliphatic heterocycles. The monoisotopic (exact) mass is 370 g/mol. The lowest BCUT2D eigenvalue weighted by Crippen LogP contribution is -2.03. The van der Waals surface area contributed by atoms with Gasteiger partial charge in [-0.2, -0.15) is 0 Å². The molecule has 0 aliphatic rings. The zero-order chi connectivity index (χ0) is 19.7. The molecule has 4 rings (SSSR count). The highest BCUT2D eigenvalue weighted by Gasteiger charge is 2.16. The Morgan fingerprint density at radius 2 is 1.00 bits per heavy atom. The van der Waals surface area contributed by atoms with Gasteiger partial charge in [0.1, 0.15) is 0 Å². The van der Waals surface area contributed by atoms with Gasteiger partial charge in [-0.3, -0.25) is 0 Å². The number of carbonyl (C=O) groups excluding carboxylic acids is 2. The van der Waals surface area contributed by atoms with Gasteiger partial charge in [-0.05, 0) is 56.9 Å². The Morgan fingerprint density at radius 3 is 1.39 bits per heavy atom. The van der Waals surface area contributed by atoms with Crippen LogP contribution in [-0.4, -0.2) is 26.2 Å². The Labute approximate surface area is 162 Å². The number of methoxy groups -OCH3 is 2. The molecule has 0 aliphatic carbocycles. The van der Waals surface area contributed by atoms with Crippen LogP contribution in [0.25, 0.3) is 32.7 Å². The molecule has 0 unspecified atom stereocenters. The van der Waals surface area contributed by atoms with Crippen molar-refractivity contribution >= 4 is 33.5 Å². The molecule has 4 aromatic carbocycles. The average molecular weight is 370 g/mol. The topological polar surface area (TPSA) is 52.6 Å². The molecule has 4 aromatic rings. The minimum Gasteiger partial charge on any atom is -0.465 e. The third-order valence-electron chi connectivity index (χ3n) is 4.86. The van der Waals surface area contributed by atoms with Gasteiger partial charge in [-0.1, -0.05) is 48.5 Å². The Kier molecular flexibility index (Phi) is 4.53. The van der Waals surface area contributed by atoms with Gasteiger partial charge in [0, 0.05) is 0 Å². The molecular weight excluding hydrogens is 352 g/mol. The Balaban J connectivity index is 2.11. The van der Waals surface area contributed by atoms with Crippen LogP contribution < -0.4 is 0 Å². The van der Waals surface area contributed by atoms with E-state index < -0.39 is 11.9 Å². The van der Waals surface area contributed by atoms with E-state index in [0.29, 0.717) is 11.1 Å². The SMILES string of the molecule is COC(=O)c1cc(-c2cc(C(=O)OC)cc3ccccc23)c2ccccc2c1. The van der Waals surface area contributed by atoms with Gasteiger partial charge in [0.15, 0.2) is 0 Å². The average Bonchev–Trinajstić information content (AvgIpc) is 2.76. The summed E-state index contributed by atoms with van der Waals surface area (Å²) in [4.78, 5) is 24.5. The van der Waals surface area contributed by atoms with Gasteiger partial charge < -0.3 is 9.47 Å². The predicted octanol–water partition coefficient (Wildman–Crippen LogP) is 5.23. The van der Waals surface area contributed by atoms with Gasteiger partial charge in [-0.15, -0.1) is 0 Å². The maximum absolute atomic E-state index is 12.2. The van der Waals surface area contributed by atoms with Crippen molar-refractivity contribution in [3.8, 4) is 11.1 Å². The smallest absolute Gasteiger partial charge is 0.337 e. The van der Waals surface area contributed by atoms with E-state index in [0.717, 1.165) is 32.7 Å². The van der Waals surface area contributed by atoms with Gasteiger partial charge >= 0.3 is 11.9 Å². The summed E-state index contributed by atoms with van der Waals surface area (Å²) in [6.07, 6.45) is 0. The summed E-state index contributed by atoms with van der Waals surface area (Å²) >= 11 is 0. The minimum atomic E-state index is -0.402. The number of hydrogen-bond acceptors (Lipinski definition) is 4. The van der Waals surface area contributed by atoms with Crippen LogP contribution in [-0.2, 0) is 9.47 Å². The quantitative estimate of drug-likeness (QED) is 0.463. The molecule has 0 spiro atoms. The van der Waals surface area contributed by atoms with E-state index in [1.807, 2.05) is 72.8 Å². The van der Waals surface area contributed by atoms with E-state index >= 15 is 0 Å². The van der Waals surface area contributed by atoms with E-state index in [1.54, 1.807) is 0 Å². The number of ether oxygens (including phenoxy) is 2. The van der Waals surface area contributed by atoms with Crippen molar-refractivity contribution < 1.29 is 19.1 Å². The summed E-state index contributed by atoms with van der Waals surface area (Å²) in [5.74, 6) is -0.805. The largest absolute Gasteiger partial charge is 0.465 e. The normalized spacial score (nSPS) is 10.8. The Morgan fingerprint density at radius 1 is 0.607 bits per heavy atom. The maximum Gasteiger partial charge on any atom is 0.337 e. The number of fused-ring (bicyclic) bond motifs is 2. The fourth-order valence-electron chi connectivity index (χ4n) is 3.54. The van der Waals surface area contributed by atoms with E-state index in [9.17, 15) is 9.59 Å². The Hall–Kier alpha value is -3.66. The van der Waals surface area contributed by atoms with E-state index in [1.165, 1.54) is 14.2 Å². The standard InChI is InChI=1S/C24H18O4/c1-27-23(25)17-11-15-7-3-5-9-19(15)21(13-17)22-14-18(24(26)28-2)12-16-8-4-6-10-20(16)22/h3-14H,1-2H3. The summed E-state index contributed by atoms with van der Waals surface area (Å²) in [6, 6.07) is 23.0. The van der Waals surface area contributed by atoms with Gasteiger partial charge in [0.2, 0.25) is 0 Å². The third kappa shape index (κ3) is 2.99. The number of hydrogen-bond donors (Lipinski definition) is 0.